The van der Waals surface area contributed by atoms with Gasteiger partial charge in [0, 0.05) is 38.6 Å². The summed E-state index contributed by atoms with van der Waals surface area (Å²) in [6.07, 6.45) is -3.54. The van der Waals surface area contributed by atoms with E-state index in [0.717, 1.165) is 13.1 Å². The first-order chi connectivity index (χ1) is 10.7. The second-order valence-electron chi connectivity index (χ2n) is 6.64. The van der Waals surface area contributed by atoms with Crippen LogP contribution in [0, 0.1) is 5.92 Å². The van der Waals surface area contributed by atoms with Gasteiger partial charge in [0.15, 0.2) is 0 Å². The largest absolute Gasteiger partial charge is 0.401 e. The van der Waals surface area contributed by atoms with E-state index in [2.05, 4.69) is 4.90 Å². The lowest BCUT2D eigenvalue weighted by Gasteiger charge is -2.39. The number of amides is 1. The van der Waals surface area contributed by atoms with E-state index in [4.69, 9.17) is 0 Å². The number of rotatable bonds is 4. The summed E-state index contributed by atoms with van der Waals surface area (Å²) in [7, 11) is 0. The number of hydrogen-bond donors (Lipinski definition) is 1. The molecule has 2 rings (SSSR count). The minimum absolute atomic E-state index is 0.0772. The molecule has 0 aromatic carbocycles. The average molecular weight is 337 g/mol. The number of halogens is 3. The summed E-state index contributed by atoms with van der Waals surface area (Å²) < 4.78 is 37.1. The zero-order valence-electron chi connectivity index (χ0n) is 13.6. The Morgan fingerprint density at radius 1 is 1.09 bits per heavy atom. The van der Waals surface area contributed by atoms with Gasteiger partial charge in [-0.2, -0.15) is 13.2 Å². The monoisotopic (exact) mass is 337 g/mol. The van der Waals surface area contributed by atoms with Crippen molar-refractivity contribution in [2.45, 2.75) is 32.0 Å². The summed E-state index contributed by atoms with van der Waals surface area (Å²) in [5, 5.41) is 9.38. The van der Waals surface area contributed by atoms with Gasteiger partial charge in [0.25, 0.3) is 0 Å². The van der Waals surface area contributed by atoms with E-state index < -0.39 is 12.7 Å². The smallest absolute Gasteiger partial charge is 0.392 e. The van der Waals surface area contributed by atoms with Crippen molar-refractivity contribution >= 4 is 5.91 Å². The maximum absolute atomic E-state index is 12.5. The van der Waals surface area contributed by atoms with Crippen LogP contribution in [-0.4, -0.2) is 90.4 Å². The van der Waals surface area contributed by atoms with Crippen molar-refractivity contribution in [1.29, 1.82) is 0 Å². The Balaban J connectivity index is 1.73. The maximum Gasteiger partial charge on any atom is 0.401 e. The Bertz CT molecular complexity index is 388. The van der Waals surface area contributed by atoms with Crippen LogP contribution in [0.1, 0.15) is 19.8 Å². The molecule has 2 saturated heterocycles. The Morgan fingerprint density at radius 2 is 1.65 bits per heavy atom. The first-order valence-corrected chi connectivity index (χ1v) is 8.23. The molecule has 0 spiro atoms. The molecule has 2 fully saturated rings. The average Bonchev–Trinajstić information content (AvgIpc) is 2.46. The molecule has 1 amide bonds. The van der Waals surface area contributed by atoms with Crippen LogP contribution in [0.4, 0.5) is 13.2 Å². The number of likely N-dealkylation sites (tertiary alicyclic amines) is 1. The van der Waals surface area contributed by atoms with Gasteiger partial charge in [-0.05, 0) is 32.9 Å². The lowest BCUT2D eigenvalue weighted by molar-refractivity contribution is -0.151. The fourth-order valence-corrected chi connectivity index (χ4v) is 3.37. The minimum atomic E-state index is -4.17. The molecular formula is C15H26F3N3O2. The summed E-state index contributed by atoms with van der Waals surface area (Å²) in [4.78, 5) is 17.8. The van der Waals surface area contributed by atoms with E-state index >= 15 is 0 Å². The molecule has 2 aliphatic rings. The molecule has 0 saturated carbocycles. The quantitative estimate of drug-likeness (QED) is 0.824. The second kappa shape index (κ2) is 7.81. The molecular weight excluding hydrogens is 311 g/mol. The summed E-state index contributed by atoms with van der Waals surface area (Å²) in [6, 6.07) is 0. The molecule has 0 aliphatic carbocycles. The topological polar surface area (TPSA) is 47.0 Å². The standard InChI is InChI=1S/C15H26F3N3O2/c1-12(22)10-19-6-8-21(9-7-19)14(23)13-2-4-20(5-3-13)11-15(16,17)18/h12-13,22H,2-11H2,1H3/t12-/m0/s1. The van der Waals surface area contributed by atoms with E-state index in [1.165, 1.54) is 4.90 Å². The van der Waals surface area contributed by atoms with Crippen molar-refractivity contribution in [3.8, 4) is 0 Å². The zero-order valence-corrected chi connectivity index (χ0v) is 13.6. The highest BCUT2D eigenvalue weighted by Gasteiger charge is 2.35. The molecule has 0 bridgehead atoms. The van der Waals surface area contributed by atoms with Crippen LogP contribution in [0.5, 0.6) is 0 Å². The van der Waals surface area contributed by atoms with Crippen LogP contribution in [0.15, 0.2) is 0 Å². The normalized spacial score (nSPS) is 24.0. The molecule has 23 heavy (non-hydrogen) atoms. The molecule has 0 aromatic heterocycles. The molecule has 0 unspecified atom stereocenters. The molecule has 8 heteroatoms. The Labute approximate surface area is 135 Å². The van der Waals surface area contributed by atoms with Crippen LogP contribution in [0.3, 0.4) is 0 Å². The van der Waals surface area contributed by atoms with Crippen LogP contribution in [-0.2, 0) is 4.79 Å². The van der Waals surface area contributed by atoms with Crippen molar-refractivity contribution in [2.75, 3.05) is 52.4 Å². The number of piperazine rings is 1. The molecule has 0 radical (unpaired) electrons. The predicted molar refractivity (Wildman–Crippen MR) is 79.9 cm³/mol. The van der Waals surface area contributed by atoms with Crippen molar-refractivity contribution in [2.24, 2.45) is 5.92 Å². The summed E-state index contributed by atoms with van der Waals surface area (Å²) >= 11 is 0. The fourth-order valence-electron chi connectivity index (χ4n) is 3.37. The number of carbonyl (C=O) groups excluding carboxylic acids is 1. The molecule has 0 aromatic rings. The molecule has 134 valence electrons. The number of nitrogens with zero attached hydrogens (tertiary/aromatic N) is 3. The van der Waals surface area contributed by atoms with E-state index in [0.29, 0.717) is 45.6 Å². The van der Waals surface area contributed by atoms with Gasteiger partial charge in [0.05, 0.1) is 12.6 Å². The third kappa shape index (κ3) is 5.93. The molecule has 2 heterocycles. The van der Waals surface area contributed by atoms with Crippen molar-refractivity contribution < 1.29 is 23.1 Å². The highest BCUT2D eigenvalue weighted by Crippen LogP contribution is 2.24. The third-order valence-electron chi connectivity index (χ3n) is 4.55. The Hall–Kier alpha value is -0.860. The van der Waals surface area contributed by atoms with Crippen LogP contribution in [0.25, 0.3) is 0 Å². The summed E-state index contributed by atoms with van der Waals surface area (Å²) in [5.41, 5.74) is 0. The van der Waals surface area contributed by atoms with Crippen molar-refractivity contribution in [3.05, 3.63) is 0 Å². The van der Waals surface area contributed by atoms with Crippen LogP contribution < -0.4 is 0 Å². The van der Waals surface area contributed by atoms with E-state index in [-0.39, 0.29) is 17.9 Å². The second-order valence-corrected chi connectivity index (χ2v) is 6.64. The van der Waals surface area contributed by atoms with Crippen molar-refractivity contribution in [1.82, 2.24) is 14.7 Å². The number of aliphatic hydroxyl groups is 1. The molecule has 5 nitrogen and oxygen atoms in total. The van der Waals surface area contributed by atoms with Gasteiger partial charge in [-0.3, -0.25) is 14.6 Å². The molecule has 2 aliphatic heterocycles. The lowest BCUT2D eigenvalue weighted by atomic mass is 9.95. The van der Waals surface area contributed by atoms with E-state index in [1.807, 2.05) is 4.90 Å². The number of β-amino-alcohol motifs (C(OH)–C–C–N with tert-alkyl or cyclic N) is 1. The molecule has 1 atom stereocenters. The molecule has 1 N–H and O–H groups in total. The first kappa shape index (κ1) is 18.5. The predicted octanol–water partition coefficient (Wildman–Crippen LogP) is 0.786. The highest BCUT2D eigenvalue weighted by molar-refractivity contribution is 5.79. The summed E-state index contributed by atoms with van der Waals surface area (Å²) in [6.45, 7) is 4.88. The van der Waals surface area contributed by atoms with Gasteiger partial charge in [0.2, 0.25) is 5.91 Å². The van der Waals surface area contributed by atoms with Gasteiger partial charge in [-0.1, -0.05) is 0 Å². The lowest BCUT2D eigenvalue weighted by Crippen LogP contribution is -2.52. The Kier molecular flexibility index (Phi) is 6.27. The van der Waals surface area contributed by atoms with E-state index in [9.17, 15) is 23.1 Å². The first-order valence-electron chi connectivity index (χ1n) is 8.23. The Morgan fingerprint density at radius 3 is 2.13 bits per heavy atom. The SMILES string of the molecule is C[C@H](O)CN1CCN(C(=O)C2CCN(CC(F)(F)F)CC2)CC1. The van der Waals surface area contributed by atoms with Crippen molar-refractivity contribution in [3.63, 3.8) is 0 Å². The van der Waals surface area contributed by atoms with Gasteiger partial charge < -0.3 is 10.0 Å². The zero-order chi connectivity index (χ0) is 17.0. The summed E-state index contributed by atoms with van der Waals surface area (Å²) in [5.74, 6) is -0.0730. The highest BCUT2D eigenvalue weighted by atomic mass is 19.4. The van der Waals surface area contributed by atoms with Gasteiger partial charge in [-0.15, -0.1) is 0 Å². The minimum Gasteiger partial charge on any atom is -0.392 e. The van der Waals surface area contributed by atoms with Crippen LogP contribution in [0.2, 0.25) is 0 Å². The van der Waals surface area contributed by atoms with Gasteiger partial charge in [0.1, 0.15) is 0 Å². The van der Waals surface area contributed by atoms with Gasteiger partial charge in [-0.25, -0.2) is 0 Å². The number of aliphatic hydroxyl groups excluding tert-OH is 1. The van der Waals surface area contributed by atoms with E-state index in [1.54, 1.807) is 6.92 Å². The third-order valence-corrected chi connectivity index (χ3v) is 4.55. The number of alkyl halides is 3. The fraction of sp³-hybridized carbons (Fsp3) is 0.933. The maximum atomic E-state index is 12.5. The number of piperidine rings is 1. The van der Waals surface area contributed by atoms with Gasteiger partial charge >= 0.3 is 6.18 Å². The number of hydrogen-bond acceptors (Lipinski definition) is 4. The van der Waals surface area contributed by atoms with Crippen LogP contribution >= 0.6 is 0 Å². The number of carbonyl (C=O) groups is 1.